The van der Waals surface area contributed by atoms with E-state index in [1.165, 1.54) is 14.1 Å². The lowest BCUT2D eigenvalue weighted by Crippen LogP contribution is -2.23. The van der Waals surface area contributed by atoms with Gasteiger partial charge in [0.15, 0.2) is 17.4 Å². The lowest BCUT2D eigenvalue weighted by Gasteiger charge is -2.17. The molecule has 0 aliphatic heterocycles. The topological polar surface area (TPSA) is 121 Å². The zero-order valence-electron chi connectivity index (χ0n) is 15.8. The van der Waals surface area contributed by atoms with Crippen molar-refractivity contribution in [3.05, 3.63) is 41.3 Å². The molecule has 3 aromatic rings. The number of phenols is 1. The van der Waals surface area contributed by atoms with Crippen LogP contribution in [0.15, 0.2) is 33.6 Å². The number of sulfonamides is 1. The molecule has 11 heteroatoms. The molecule has 0 aliphatic rings. The highest BCUT2D eigenvalue weighted by Gasteiger charge is 2.26. The van der Waals surface area contributed by atoms with Crippen LogP contribution >= 0.6 is 11.7 Å². The van der Waals surface area contributed by atoms with Crippen molar-refractivity contribution in [2.75, 3.05) is 24.7 Å². The van der Waals surface area contributed by atoms with E-state index in [9.17, 15) is 13.5 Å². The zero-order chi connectivity index (χ0) is 20.5. The summed E-state index contributed by atoms with van der Waals surface area (Å²) >= 11 is 0.986. The molecule has 3 rings (SSSR count). The summed E-state index contributed by atoms with van der Waals surface area (Å²) in [5, 5.41) is 16.7. The van der Waals surface area contributed by atoms with Crippen molar-refractivity contribution in [3.63, 3.8) is 0 Å². The fourth-order valence-electron chi connectivity index (χ4n) is 2.55. The van der Waals surface area contributed by atoms with Crippen LogP contribution in [0.5, 0.6) is 5.75 Å². The van der Waals surface area contributed by atoms with Crippen LogP contribution in [0.3, 0.4) is 0 Å². The van der Waals surface area contributed by atoms with Gasteiger partial charge < -0.3 is 20.2 Å². The SMILES string of the molecule is Cc1ccc(CNc2nsnc2Nc2ccc(C)c(S(=O)(=O)N(C)C)c2O)o1. The molecule has 0 radical (unpaired) electrons. The van der Waals surface area contributed by atoms with E-state index in [1.54, 1.807) is 19.1 Å². The fourth-order valence-corrected chi connectivity index (χ4v) is 4.23. The molecule has 2 heterocycles. The van der Waals surface area contributed by atoms with Crippen LogP contribution < -0.4 is 10.6 Å². The zero-order valence-corrected chi connectivity index (χ0v) is 17.5. The van der Waals surface area contributed by atoms with Crippen molar-refractivity contribution in [2.24, 2.45) is 0 Å². The van der Waals surface area contributed by atoms with Crippen molar-refractivity contribution in [1.29, 1.82) is 0 Å². The number of nitrogens with zero attached hydrogens (tertiary/aromatic N) is 3. The van der Waals surface area contributed by atoms with Gasteiger partial charge in [-0.2, -0.15) is 8.75 Å². The van der Waals surface area contributed by atoms with Gasteiger partial charge >= 0.3 is 0 Å². The second kappa shape index (κ2) is 7.78. The second-order valence-electron chi connectivity index (χ2n) is 6.35. The highest BCUT2D eigenvalue weighted by atomic mass is 32.2. The summed E-state index contributed by atoms with van der Waals surface area (Å²) in [6.45, 7) is 3.90. The molecule has 0 aliphatic carbocycles. The van der Waals surface area contributed by atoms with E-state index in [4.69, 9.17) is 4.42 Å². The average Bonchev–Trinajstić information content (AvgIpc) is 3.24. The van der Waals surface area contributed by atoms with Gasteiger partial charge in [0.25, 0.3) is 0 Å². The molecule has 0 atom stereocenters. The van der Waals surface area contributed by atoms with Crippen molar-refractivity contribution in [2.45, 2.75) is 25.3 Å². The minimum Gasteiger partial charge on any atom is -0.504 e. The van der Waals surface area contributed by atoms with E-state index in [0.717, 1.165) is 27.6 Å². The number of hydrogen-bond acceptors (Lipinski definition) is 9. The summed E-state index contributed by atoms with van der Waals surface area (Å²) in [6.07, 6.45) is 0. The van der Waals surface area contributed by atoms with Gasteiger partial charge in [0.1, 0.15) is 16.4 Å². The van der Waals surface area contributed by atoms with E-state index < -0.39 is 10.0 Å². The van der Waals surface area contributed by atoms with Gasteiger partial charge in [-0.1, -0.05) is 6.07 Å². The summed E-state index contributed by atoms with van der Waals surface area (Å²) in [5.41, 5.74) is 0.662. The van der Waals surface area contributed by atoms with E-state index in [0.29, 0.717) is 23.7 Å². The summed E-state index contributed by atoms with van der Waals surface area (Å²) in [7, 11) is -0.984. The maximum absolute atomic E-state index is 12.5. The van der Waals surface area contributed by atoms with Crippen LogP contribution in [0.2, 0.25) is 0 Å². The largest absolute Gasteiger partial charge is 0.504 e. The van der Waals surface area contributed by atoms with Crippen LogP contribution in [0.25, 0.3) is 0 Å². The lowest BCUT2D eigenvalue weighted by molar-refractivity contribution is 0.453. The molecule has 28 heavy (non-hydrogen) atoms. The smallest absolute Gasteiger partial charge is 0.246 e. The van der Waals surface area contributed by atoms with Gasteiger partial charge in [-0.05, 0) is 37.6 Å². The molecular formula is C17H21N5O4S2. The van der Waals surface area contributed by atoms with Gasteiger partial charge in [0, 0.05) is 14.1 Å². The third-order valence-corrected chi connectivity index (χ3v) is 6.56. The summed E-state index contributed by atoms with van der Waals surface area (Å²) in [5.74, 6) is 2.03. The van der Waals surface area contributed by atoms with Gasteiger partial charge in [-0.15, -0.1) is 0 Å². The Balaban J connectivity index is 1.86. The van der Waals surface area contributed by atoms with Gasteiger partial charge in [-0.3, -0.25) is 0 Å². The third-order valence-electron chi connectivity index (χ3n) is 4.03. The first-order chi connectivity index (χ1) is 13.2. The molecule has 0 amide bonds. The maximum atomic E-state index is 12.5. The molecule has 150 valence electrons. The number of aromatic nitrogens is 2. The summed E-state index contributed by atoms with van der Waals surface area (Å²) in [4.78, 5) is -0.147. The minimum absolute atomic E-state index is 0.147. The van der Waals surface area contributed by atoms with Crippen molar-refractivity contribution in [1.82, 2.24) is 13.1 Å². The number of aryl methyl sites for hydroxylation is 2. The van der Waals surface area contributed by atoms with Crippen molar-refractivity contribution >= 4 is 39.1 Å². The average molecular weight is 424 g/mol. The molecule has 1 aromatic carbocycles. The van der Waals surface area contributed by atoms with Crippen LogP contribution in [0.1, 0.15) is 17.1 Å². The Morgan fingerprint density at radius 2 is 1.86 bits per heavy atom. The van der Waals surface area contributed by atoms with Crippen molar-refractivity contribution in [3.8, 4) is 5.75 Å². The number of benzene rings is 1. The van der Waals surface area contributed by atoms with E-state index in [-0.39, 0.29) is 16.3 Å². The normalized spacial score (nSPS) is 11.8. The summed E-state index contributed by atoms with van der Waals surface area (Å²) < 4.78 is 40.0. The number of phenolic OH excluding ortho intramolecular Hbond substituents is 1. The highest BCUT2D eigenvalue weighted by Crippen LogP contribution is 2.37. The fraction of sp³-hybridized carbons (Fsp3) is 0.294. The number of furan rings is 1. The van der Waals surface area contributed by atoms with Gasteiger partial charge in [-0.25, -0.2) is 12.7 Å². The first-order valence-corrected chi connectivity index (χ1v) is 10.5. The monoisotopic (exact) mass is 423 g/mol. The Hall–Kier alpha value is -2.63. The van der Waals surface area contributed by atoms with Crippen LogP contribution in [-0.2, 0) is 16.6 Å². The van der Waals surface area contributed by atoms with Gasteiger partial charge in [0.2, 0.25) is 10.0 Å². The molecule has 0 spiro atoms. The Morgan fingerprint density at radius 3 is 2.50 bits per heavy atom. The Kier molecular flexibility index (Phi) is 5.59. The molecule has 0 unspecified atom stereocenters. The molecule has 0 saturated heterocycles. The quantitative estimate of drug-likeness (QED) is 0.496. The number of nitrogens with one attached hydrogen (secondary N) is 2. The second-order valence-corrected chi connectivity index (χ2v) is 8.96. The predicted molar refractivity (Wildman–Crippen MR) is 108 cm³/mol. The Morgan fingerprint density at radius 1 is 1.14 bits per heavy atom. The van der Waals surface area contributed by atoms with Crippen LogP contribution in [0.4, 0.5) is 17.3 Å². The number of rotatable bonds is 7. The molecule has 3 N–H and O–H groups in total. The first kappa shape index (κ1) is 20.1. The number of aromatic hydroxyl groups is 1. The predicted octanol–water partition coefficient (Wildman–Crippen LogP) is 3.06. The third kappa shape index (κ3) is 3.96. The van der Waals surface area contributed by atoms with E-state index >= 15 is 0 Å². The molecule has 0 bridgehead atoms. The van der Waals surface area contributed by atoms with Crippen LogP contribution in [-0.4, -0.2) is 40.7 Å². The Bertz CT molecular complexity index is 1090. The summed E-state index contributed by atoms with van der Waals surface area (Å²) in [6, 6.07) is 6.95. The molecule has 2 aromatic heterocycles. The standard InChI is InChI=1S/C17H21N5O4S2/c1-10-5-8-13(14(23)15(10)28(24,25)22(3)4)19-17-16(20-27-21-17)18-9-12-7-6-11(2)26-12/h5-8,23H,9H2,1-4H3,(H,18,20)(H,19,21). The van der Waals surface area contributed by atoms with Crippen LogP contribution in [0, 0.1) is 13.8 Å². The number of hydrogen-bond donors (Lipinski definition) is 3. The Labute approximate surface area is 167 Å². The molecule has 0 fully saturated rings. The highest BCUT2D eigenvalue weighted by molar-refractivity contribution is 7.89. The lowest BCUT2D eigenvalue weighted by atomic mass is 10.2. The minimum atomic E-state index is -3.81. The maximum Gasteiger partial charge on any atom is 0.246 e. The van der Waals surface area contributed by atoms with E-state index in [1.807, 2.05) is 19.1 Å². The van der Waals surface area contributed by atoms with Crippen molar-refractivity contribution < 1.29 is 17.9 Å². The van der Waals surface area contributed by atoms with Gasteiger partial charge in [0.05, 0.1) is 24.0 Å². The molecule has 9 nitrogen and oxygen atoms in total. The molecule has 0 saturated carbocycles. The molecular weight excluding hydrogens is 402 g/mol. The van der Waals surface area contributed by atoms with E-state index in [2.05, 4.69) is 19.4 Å². The first-order valence-electron chi connectivity index (χ1n) is 8.34. The number of anilines is 3.